The average Bonchev–Trinajstić information content (AvgIpc) is 2.63. The van der Waals surface area contributed by atoms with E-state index in [9.17, 15) is 17.6 Å². The first-order valence-electron chi connectivity index (χ1n) is 5.27. The number of rotatable bonds is 1. The van der Waals surface area contributed by atoms with Crippen LogP contribution in [0.25, 0.3) is 0 Å². The fourth-order valence-electron chi connectivity index (χ4n) is 2.27. The molecule has 2 N–H and O–H groups in total. The van der Waals surface area contributed by atoms with Crippen molar-refractivity contribution in [2.75, 3.05) is 0 Å². The standard InChI is InChI=1S/C12H13F4N/c1-11(2)9(10(11)17)6-3-7(12(14,15)16)5-8(13)4-6/h3-5,9-10H,17H2,1-2H3/t9-,10-/m0/s1. The van der Waals surface area contributed by atoms with E-state index in [1.807, 2.05) is 13.8 Å². The van der Waals surface area contributed by atoms with E-state index >= 15 is 0 Å². The van der Waals surface area contributed by atoms with Crippen LogP contribution in [-0.4, -0.2) is 6.04 Å². The van der Waals surface area contributed by atoms with Crippen LogP contribution in [0.4, 0.5) is 17.6 Å². The monoisotopic (exact) mass is 247 g/mol. The van der Waals surface area contributed by atoms with E-state index in [2.05, 4.69) is 0 Å². The van der Waals surface area contributed by atoms with Crippen molar-refractivity contribution in [2.45, 2.75) is 32.0 Å². The van der Waals surface area contributed by atoms with Gasteiger partial charge in [-0.3, -0.25) is 0 Å². The maximum atomic E-state index is 13.2. The topological polar surface area (TPSA) is 26.0 Å². The smallest absolute Gasteiger partial charge is 0.327 e. The molecule has 0 aromatic heterocycles. The molecular formula is C12H13F4N. The van der Waals surface area contributed by atoms with Crippen molar-refractivity contribution in [3.05, 3.63) is 35.1 Å². The van der Waals surface area contributed by atoms with Gasteiger partial charge >= 0.3 is 6.18 Å². The Morgan fingerprint density at radius 2 is 1.71 bits per heavy atom. The van der Waals surface area contributed by atoms with Crippen LogP contribution in [0, 0.1) is 11.2 Å². The lowest BCUT2D eigenvalue weighted by atomic mass is 10.0. The molecule has 1 aliphatic rings. The minimum Gasteiger partial charge on any atom is -0.327 e. The molecule has 0 unspecified atom stereocenters. The van der Waals surface area contributed by atoms with Gasteiger partial charge in [-0.25, -0.2) is 4.39 Å². The third kappa shape index (κ3) is 2.04. The van der Waals surface area contributed by atoms with Crippen LogP contribution in [0.1, 0.15) is 30.9 Å². The molecule has 17 heavy (non-hydrogen) atoms. The summed E-state index contributed by atoms with van der Waals surface area (Å²) < 4.78 is 50.8. The van der Waals surface area contributed by atoms with Crippen molar-refractivity contribution in [1.82, 2.24) is 0 Å². The van der Waals surface area contributed by atoms with Crippen LogP contribution < -0.4 is 5.73 Å². The average molecular weight is 247 g/mol. The van der Waals surface area contributed by atoms with Gasteiger partial charge in [0.05, 0.1) is 5.56 Å². The Bertz CT molecular complexity index is 450. The van der Waals surface area contributed by atoms with E-state index in [1.165, 1.54) is 0 Å². The summed E-state index contributed by atoms with van der Waals surface area (Å²) in [7, 11) is 0. The number of hydrogen-bond donors (Lipinski definition) is 1. The third-order valence-corrected chi connectivity index (χ3v) is 3.52. The number of benzene rings is 1. The predicted octanol–water partition coefficient (Wildman–Crippen LogP) is 3.30. The normalized spacial score (nSPS) is 27.0. The summed E-state index contributed by atoms with van der Waals surface area (Å²) in [5.74, 6) is -1.08. The summed E-state index contributed by atoms with van der Waals surface area (Å²) in [6.45, 7) is 3.72. The molecule has 0 spiro atoms. The maximum Gasteiger partial charge on any atom is 0.416 e. The Morgan fingerprint density at radius 3 is 2.12 bits per heavy atom. The lowest BCUT2D eigenvalue weighted by Gasteiger charge is -2.10. The molecule has 0 bridgehead atoms. The molecule has 0 saturated heterocycles. The quantitative estimate of drug-likeness (QED) is 0.757. The van der Waals surface area contributed by atoms with Crippen molar-refractivity contribution in [3.8, 4) is 0 Å². The van der Waals surface area contributed by atoms with E-state index in [-0.39, 0.29) is 17.4 Å². The Kier molecular flexibility index (Phi) is 2.51. The molecule has 0 radical (unpaired) electrons. The van der Waals surface area contributed by atoms with Crippen molar-refractivity contribution in [1.29, 1.82) is 0 Å². The van der Waals surface area contributed by atoms with Gasteiger partial charge in [-0.15, -0.1) is 0 Å². The molecule has 2 atom stereocenters. The van der Waals surface area contributed by atoms with Gasteiger partial charge in [-0.2, -0.15) is 13.2 Å². The molecule has 0 aliphatic heterocycles. The molecule has 1 saturated carbocycles. The van der Waals surface area contributed by atoms with Gasteiger partial charge in [0.25, 0.3) is 0 Å². The van der Waals surface area contributed by atoms with Crippen molar-refractivity contribution in [3.63, 3.8) is 0 Å². The fraction of sp³-hybridized carbons (Fsp3) is 0.500. The summed E-state index contributed by atoms with van der Waals surface area (Å²) in [4.78, 5) is 0. The highest BCUT2D eigenvalue weighted by Crippen LogP contribution is 2.57. The fourth-order valence-corrected chi connectivity index (χ4v) is 2.27. The summed E-state index contributed by atoms with van der Waals surface area (Å²) in [5, 5.41) is 0. The molecule has 94 valence electrons. The predicted molar refractivity (Wildman–Crippen MR) is 55.9 cm³/mol. The van der Waals surface area contributed by atoms with Gasteiger partial charge in [-0.1, -0.05) is 13.8 Å². The molecule has 1 aromatic rings. The Labute approximate surface area is 96.6 Å². The lowest BCUT2D eigenvalue weighted by Crippen LogP contribution is -2.08. The van der Waals surface area contributed by atoms with Gasteiger partial charge in [0.1, 0.15) is 5.82 Å². The lowest BCUT2D eigenvalue weighted by molar-refractivity contribution is -0.137. The highest BCUT2D eigenvalue weighted by molar-refractivity contribution is 5.37. The zero-order valence-corrected chi connectivity index (χ0v) is 9.48. The van der Waals surface area contributed by atoms with Crippen LogP contribution in [0.15, 0.2) is 18.2 Å². The second-order valence-corrected chi connectivity index (χ2v) is 5.10. The zero-order chi connectivity index (χ0) is 13.0. The second kappa shape index (κ2) is 3.45. The number of hydrogen-bond acceptors (Lipinski definition) is 1. The molecule has 2 rings (SSSR count). The molecule has 1 aromatic carbocycles. The first-order valence-corrected chi connectivity index (χ1v) is 5.27. The van der Waals surface area contributed by atoms with Crippen molar-refractivity contribution >= 4 is 0 Å². The Hall–Kier alpha value is -1.10. The molecule has 0 amide bonds. The summed E-state index contributed by atoms with van der Waals surface area (Å²) in [6.07, 6.45) is -4.53. The number of halogens is 4. The van der Waals surface area contributed by atoms with E-state index in [0.29, 0.717) is 11.6 Å². The minimum absolute atomic E-state index is 0.209. The van der Waals surface area contributed by atoms with Crippen LogP contribution in [0.2, 0.25) is 0 Å². The highest BCUT2D eigenvalue weighted by Gasteiger charge is 2.56. The van der Waals surface area contributed by atoms with Crippen molar-refractivity contribution in [2.24, 2.45) is 11.1 Å². The molecular weight excluding hydrogens is 234 g/mol. The summed E-state index contributed by atoms with van der Waals surface area (Å²) in [5.41, 5.74) is 4.89. The molecule has 1 fully saturated rings. The summed E-state index contributed by atoms with van der Waals surface area (Å²) >= 11 is 0. The Balaban J connectivity index is 2.41. The van der Waals surface area contributed by atoms with Crippen LogP contribution in [0.5, 0.6) is 0 Å². The highest BCUT2D eigenvalue weighted by atomic mass is 19.4. The van der Waals surface area contributed by atoms with Crippen LogP contribution in [-0.2, 0) is 6.18 Å². The van der Waals surface area contributed by atoms with E-state index in [0.717, 1.165) is 12.1 Å². The third-order valence-electron chi connectivity index (χ3n) is 3.52. The van der Waals surface area contributed by atoms with Crippen molar-refractivity contribution < 1.29 is 17.6 Å². The van der Waals surface area contributed by atoms with Gasteiger partial charge in [0.2, 0.25) is 0 Å². The maximum absolute atomic E-state index is 13.2. The number of alkyl halides is 3. The van der Waals surface area contributed by atoms with Crippen LogP contribution in [0.3, 0.4) is 0 Å². The van der Waals surface area contributed by atoms with Gasteiger partial charge < -0.3 is 5.73 Å². The Morgan fingerprint density at radius 1 is 1.18 bits per heavy atom. The van der Waals surface area contributed by atoms with Gasteiger partial charge in [0, 0.05) is 12.0 Å². The SMILES string of the molecule is CC1(C)[C@@H](N)[C@@H]1c1cc(F)cc(C(F)(F)F)c1. The molecule has 1 aliphatic carbocycles. The van der Waals surface area contributed by atoms with Crippen LogP contribution >= 0.6 is 0 Å². The van der Waals surface area contributed by atoms with Gasteiger partial charge in [0.15, 0.2) is 0 Å². The van der Waals surface area contributed by atoms with E-state index in [1.54, 1.807) is 0 Å². The molecule has 5 heteroatoms. The first-order chi connectivity index (χ1) is 7.64. The van der Waals surface area contributed by atoms with Gasteiger partial charge in [-0.05, 0) is 29.2 Å². The van der Waals surface area contributed by atoms with E-state index in [4.69, 9.17) is 5.73 Å². The number of nitrogens with two attached hydrogens (primary N) is 1. The molecule has 1 nitrogen and oxygen atoms in total. The van der Waals surface area contributed by atoms with E-state index < -0.39 is 17.6 Å². The first kappa shape index (κ1) is 12.4. The molecule has 0 heterocycles. The minimum atomic E-state index is -4.53. The zero-order valence-electron chi connectivity index (χ0n) is 9.48. The second-order valence-electron chi connectivity index (χ2n) is 5.10. The largest absolute Gasteiger partial charge is 0.416 e. The summed E-state index contributed by atoms with van der Waals surface area (Å²) in [6, 6.07) is 2.41.